The van der Waals surface area contributed by atoms with E-state index in [4.69, 9.17) is 18.9 Å². The van der Waals surface area contributed by atoms with E-state index >= 15 is 0 Å². The van der Waals surface area contributed by atoms with Gasteiger partial charge in [-0.15, -0.1) is 0 Å². The van der Waals surface area contributed by atoms with Gasteiger partial charge in [-0.2, -0.15) is 0 Å². The second-order valence-electron chi connectivity index (χ2n) is 10.9. The van der Waals surface area contributed by atoms with Gasteiger partial charge >= 0.3 is 24.1 Å². The Bertz CT molecular complexity index is 1510. The van der Waals surface area contributed by atoms with E-state index < -0.39 is 53.8 Å². The van der Waals surface area contributed by atoms with E-state index in [1.807, 2.05) is 18.2 Å². The van der Waals surface area contributed by atoms with E-state index in [1.54, 1.807) is 71.0 Å². The van der Waals surface area contributed by atoms with Crippen LogP contribution in [0, 0.1) is 5.92 Å². The van der Waals surface area contributed by atoms with Gasteiger partial charge in [-0.05, 0) is 43.9 Å². The lowest BCUT2D eigenvalue weighted by atomic mass is 10.0. The van der Waals surface area contributed by atoms with Crippen molar-refractivity contribution in [3.8, 4) is 0 Å². The van der Waals surface area contributed by atoms with Gasteiger partial charge < -0.3 is 24.3 Å². The fraction of sp³-hybridized carbons (Fsp3) is 0.400. The van der Waals surface area contributed by atoms with Crippen molar-refractivity contribution >= 4 is 35.0 Å². The Morgan fingerprint density at radius 2 is 1.65 bits per heavy atom. The van der Waals surface area contributed by atoms with Crippen molar-refractivity contribution in [2.24, 2.45) is 11.0 Å². The molecule has 3 rings (SSSR count). The Hall–Kier alpha value is -5.03. The Balaban J connectivity index is 2.05. The first-order valence-corrected chi connectivity index (χ1v) is 13.5. The number of para-hydroxylation sites is 1. The SMILES string of the molecule is COC(=O)[C@@H](N=[N+]=[N-])[C@@H](OC(=O)[C@@H](NC(=O)OC(C)(C)C)C(C)C)c1cn(C(=O)OCc2ccccc2)c2ccccc12. The quantitative estimate of drug-likeness (QED) is 0.101. The van der Waals surface area contributed by atoms with Crippen LogP contribution in [-0.2, 0) is 35.1 Å². The number of carbonyl (C=O) groups is 4. The predicted octanol–water partition coefficient (Wildman–Crippen LogP) is 5.81. The molecular weight excluding hydrogens is 558 g/mol. The molecule has 0 aliphatic rings. The number of alkyl carbamates (subject to hydrolysis) is 1. The molecule has 13 heteroatoms. The summed E-state index contributed by atoms with van der Waals surface area (Å²) in [7, 11) is 1.09. The molecule has 1 N–H and O–H groups in total. The van der Waals surface area contributed by atoms with E-state index in [9.17, 15) is 24.7 Å². The van der Waals surface area contributed by atoms with Crippen molar-refractivity contribution in [2.75, 3.05) is 7.11 Å². The number of nitrogens with one attached hydrogen (secondary N) is 1. The second-order valence-corrected chi connectivity index (χ2v) is 10.9. The van der Waals surface area contributed by atoms with E-state index in [1.165, 1.54) is 10.8 Å². The number of benzene rings is 2. The van der Waals surface area contributed by atoms with Crippen LogP contribution in [0.4, 0.5) is 9.59 Å². The second kappa shape index (κ2) is 14.2. The van der Waals surface area contributed by atoms with Gasteiger partial charge in [-0.25, -0.2) is 14.4 Å². The van der Waals surface area contributed by atoms with Gasteiger partial charge in [0.2, 0.25) is 0 Å². The molecule has 0 bridgehead atoms. The maximum Gasteiger partial charge on any atom is 0.418 e. The molecule has 0 saturated heterocycles. The van der Waals surface area contributed by atoms with Crippen LogP contribution in [0.25, 0.3) is 21.3 Å². The number of hydrogen-bond acceptors (Lipinski definition) is 9. The van der Waals surface area contributed by atoms with Crippen LogP contribution in [0.2, 0.25) is 0 Å². The highest BCUT2D eigenvalue weighted by atomic mass is 16.6. The van der Waals surface area contributed by atoms with Crippen molar-refractivity contribution in [2.45, 2.75) is 65.0 Å². The first kappa shape index (κ1) is 32.5. The zero-order chi connectivity index (χ0) is 31.7. The number of carbonyl (C=O) groups excluding carboxylic acids is 4. The van der Waals surface area contributed by atoms with Gasteiger partial charge in [0, 0.05) is 22.1 Å². The summed E-state index contributed by atoms with van der Waals surface area (Å²) in [5, 5.41) is 6.49. The normalized spacial score (nSPS) is 13.3. The summed E-state index contributed by atoms with van der Waals surface area (Å²) in [6, 6.07) is 12.9. The van der Waals surface area contributed by atoms with Gasteiger partial charge in [-0.3, -0.25) is 9.36 Å². The van der Waals surface area contributed by atoms with Crippen molar-refractivity contribution in [3.05, 3.63) is 82.4 Å². The Morgan fingerprint density at radius 3 is 2.26 bits per heavy atom. The fourth-order valence-corrected chi connectivity index (χ4v) is 4.21. The maximum absolute atomic E-state index is 13.5. The highest BCUT2D eigenvalue weighted by molar-refractivity contribution is 5.93. The molecule has 1 heterocycles. The summed E-state index contributed by atoms with van der Waals surface area (Å²) in [6.07, 6.45) is -1.78. The Kier molecular flexibility index (Phi) is 10.8. The number of amides is 1. The summed E-state index contributed by atoms with van der Waals surface area (Å²) >= 11 is 0. The van der Waals surface area contributed by atoms with Crippen molar-refractivity contribution in [3.63, 3.8) is 0 Å². The minimum absolute atomic E-state index is 0.00412. The van der Waals surface area contributed by atoms with Crippen LogP contribution in [0.1, 0.15) is 51.8 Å². The molecule has 0 aliphatic heterocycles. The molecule has 0 spiro atoms. The van der Waals surface area contributed by atoms with Gasteiger partial charge in [-0.1, -0.05) is 67.5 Å². The van der Waals surface area contributed by atoms with Crippen molar-refractivity contribution < 1.29 is 38.1 Å². The molecule has 3 atom stereocenters. The van der Waals surface area contributed by atoms with Crippen LogP contribution in [-0.4, -0.2) is 53.5 Å². The van der Waals surface area contributed by atoms with Crippen LogP contribution >= 0.6 is 0 Å². The molecule has 1 amide bonds. The Labute approximate surface area is 248 Å². The van der Waals surface area contributed by atoms with Gasteiger partial charge in [0.1, 0.15) is 24.4 Å². The largest absolute Gasteiger partial charge is 0.469 e. The molecule has 0 fully saturated rings. The highest BCUT2D eigenvalue weighted by Gasteiger charge is 2.38. The lowest BCUT2D eigenvalue weighted by Crippen LogP contribution is -2.48. The molecular formula is C30H35N5O8. The number of azide groups is 1. The van der Waals surface area contributed by atoms with Crippen LogP contribution in [0.3, 0.4) is 0 Å². The summed E-state index contributed by atoms with van der Waals surface area (Å²) in [5.41, 5.74) is 9.77. The number of methoxy groups -OCH3 is 1. The molecule has 2 aromatic carbocycles. The molecule has 0 saturated carbocycles. The molecule has 43 heavy (non-hydrogen) atoms. The zero-order valence-corrected chi connectivity index (χ0v) is 24.8. The van der Waals surface area contributed by atoms with Gasteiger partial charge in [0.25, 0.3) is 0 Å². The number of rotatable bonds is 10. The summed E-state index contributed by atoms with van der Waals surface area (Å²) in [4.78, 5) is 54.8. The first-order chi connectivity index (χ1) is 20.4. The monoisotopic (exact) mass is 593 g/mol. The molecule has 13 nitrogen and oxygen atoms in total. The summed E-state index contributed by atoms with van der Waals surface area (Å²) in [5.74, 6) is -2.39. The average molecular weight is 594 g/mol. The molecule has 0 radical (unpaired) electrons. The zero-order valence-electron chi connectivity index (χ0n) is 24.8. The smallest absolute Gasteiger partial charge is 0.418 e. The van der Waals surface area contributed by atoms with Crippen LogP contribution in [0.15, 0.2) is 65.9 Å². The molecule has 0 unspecified atom stereocenters. The average Bonchev–Trinajstić information content (AvgIpc) is 3.35. The number of hydrogen-bond donors (Lipinski definition) is 1. The van der Waals surface area contributed by atoms with E-state index in [0.29, 0.717) is 10.9 Å². The topological polar surface area (TPSA) is 171 Å². The van der Waals surface area contributed by atoms with Crippen molar-refractivity contribution in [1.82, 2.24) is 9.88 Å². The summed E-state index contributed by atoms with van der Waals surface area (Å²) in [6.45, 7) is 8.37. The Morgan fingerprint density at radius 1 is 1.00 bits per heavy atom. The van der Waals surface area contributed by atoms with Gasteiger partial charge in [0.15, 0.2) is 6.04 Å². The third-order valence-electron chi connectivity index (χ3n) is 6.19. The first-order valence-electron chi connectivity index (χ1n) is 13.5. The standard InChI is InChI=1S/C30H35N5O8/c1-18(2)23(32-28(38)43-30(3,4)5)27(37)42-25(24(33-34-31)26(36)40-6)21-16-35(22-15-11-10-14-20(21)22)29(39)41-17-19-12-8-7-9-13-19/h7-16,18,23-25H,17H2,1-6H3,(H,32,38)/t23-,24-,25-/m0/s1. The molecule has 3 aromatic rings. The van der Waals surface area contributed by atoms with E-state index in [-0.39, 0.29) is 12.2 Å². The lowest BCUT2D eigenvalue weighted by Gasteiger charge is -2.28. The maximum atomic E-state index is 13.5. The van der Waals surface area contributed by atoms with Crippen LogP contribution < -0.4 is 5.32 Å². The lowest BCUT2D eigenvalue weighted by molar-refractivity contribution is -0.159. The number of esters is 2. The number of nitrogens with zero attached hydrogens (tertiary/aromatic N) is 4. The third-order valence-corrected chi connectivity index (χ3v) is 6.19. The van der Waals surface area contributed by atoms with E-state index in [2.05, 4.69) is 15.3 Å². The summed E-state index contributed by atoms with van der Waals surface area (Å²) < 4.78 is 22.7. The number of fused-ring (bicyclic) bond motifs is 1. The van der Waals surface area contributed by atoms with Gasteiger partial charge in [0.05, 0.1) is 12.6 Å². The predicted molar refractivity (Wildman–Crippen MR) is 156 cm³/mol. The minimum atomic E-state index is -1.67. The van der Waals surface area contributed by atoms with Crippen LogP contribution in [0.5, 0.6) is 0 Å². The number of ether oxygens (including phenoxy) is 4. The van der Waals surface area contributed by atoms with E-state index in [0.717, 1.165) is 12.7 Å². The molecule has 228 valence electrons. The third kappa shape index (κ3) is 8.49. The number of aromatic nitrogens is 1. The fourth-order valence-electron chi connectivity index (χ4n) is 4.21. The molecule has 1 aromatic heterocycles. The minimum Gasteiger partial charge on any atom is -0.469 e. The molecule has 0 aliphatic carbocycles. The van der Waals surface area contributed by atoms with Crippen molar-refractivity contribution in [1.29, 1.82) is 0 Å². The highest BCUT2D eigenvalue weighted by Crippen LogP contribution is 2.34.